The van der Waals surface area contributed by atoms with Gasteiger partial charge in [-0.2, -0.15) is 0 Å². The Morgan fingerprint density at radius 3 is 1.78 bits per heavy atom. The van der Waals surface area contributed by atoms with Crippen molar-refractivity contribution in [1.29, 1.82) is 0 Å². The van der Waals surface area contributed by atoms with Gasteiger partial charge in [0.1, 0.15) is 0 Å². The first-order valence-electron chi connectivity index (χ1n) is 20.1. The van der Waals surface area contributed by atoms with E-state index < -0.39 is 0 Å². The van der Waals surface area contributed by atoms with Gasteiger partial charge < -0.3 is 4.57 Å². The normalized spacial score (nSPS) is 15.2. The van der Waals surface area contributed by atoms with Crippen LogP contribution in [0.2, 0.25) is 0 Å². The zero-order valence-electron chi connectivity index (χ0n) is 32.5. The van der Waals surface area contributed by atoms with Gasteiger partial charge in [-0.3, -0.25) is 0 Å². The standard InChI is InChI=1S/C54H40N4/c1-54(2)47-26-16-15-25-43(47)44-33-46-45-32-39(53-56-51(37-21-11-5-12-22-37)55-52(57-53)38-23-13-6-14-24-38)27-28-49(45)58(50(46)34-48(44)54)42-30-40(35-17-7-3-8-18-35)29-41(31-42)36-19-9-4-10-20-36/h3-19,21-34,36H,20H2,1-2H3. The summed E-state index contributed by atoms with van der Waals surface area (Å²) in [4.78, 5) is 15.2. The number of aromatic nitrogens is 4. The van der Waals surface area contributed by atoms with Gasteiger partial charge >= 0.3 is 0 Å². The highest BCUT2D eigenvalue weighted by Gasteiger charge is 2.36. The highest BCUT2D eigenvalue weighted by Crippen LogP contribution is 2.51. The van der Waals surface area contributed by atoms with Crippen molar-refractivity contribution < 1.29 is 0 Å². The third kappa shape index (κ3) is 5.63. The van der Waals surface area contributed by atoms with Crippen LogP contribution in [0.5, 0.6) is 0 Å². The Hall–Kier alpha value is -7.17. The van der Waals surface area contributed by atoms with Crippen molar-refractivity contribution in [1.82, 2.24) is 19.5 Å². The third-order valence-electron chi connectivity index (χ3n) is 12.1. The average molecular weight is 745 g/mol. The molecule has 0 amide bonds. The number of hydrogen-bond acceptors (Lipinski definition) is 3. The molecule has 4 heteroatoms. The molecule has 0 saturated heterocycles. The molecule has 0 bridgehead atoms. The van der Waals surface area contributed by atoms with Gasteiger partial charge in [0, 0.05) is 44.5 Å². The molecule has 2 aliphatic rings. The molecule has 2 aromatic heterocycles. The SMILES string of the molecule is CC1(C)c2ccccc2-c2cc3c4cc(-c5nc(-c6ccccc6)nc(-c6ccccc6)n5)ccc4n(-c4cc(-c5ccccc5)cc(C5C=CC=CC5)c4)c3cc21. The molecule has 0 saturated carbocycles. The zero-order valence-corrected chi connectivity index (χ0v) is 32.5. The Morgan fingerprint density at radius 1 is 0.483 bits per heavy atom. The third-order valence-corrected chi connectivity index (χ3v) is 12.1. The van der Waals surface area contributed by atoms with E-state index in [1.807, 2.05) is 36.4 Å². The Bertz CT molecular complexity index is 3040. The van der Waals surface area contributed by atoms with Gasteiger partial charge in [-0.25, -0.2) is 15.0 Å². The van der Waals surface area contributed by atoms with Crippen molar-refractivity contribution in [2.75, 3.05) is 0 Å². The molecule has 11 rings (SSSR count). The van der Waals surface area contributed by atoms with Crippen LogP contribution in [0.4, 0.5) is 0 Å². The molecule has 0 spiro atoms. The number of hydrogen-bond donors (Lipinski definition) is 0. The van der Waals surface area contributed by atoms with Crippen molar-refractivity contribution >= 4 is 21.8 Å². The van der Waals surface area contributed by atoms with Gasteiger partial charge in [-0.05, 0) is 87.8 Å². The number of benzene rings is 7. The quantitative estimate of drug-likeness (QED) is 0.170. The van der Waals surface area contributed by atoms with Gasteiger partial charge in [0.2, 0.25) is 0 Å². The van der Waals surface area contributed by atoms with Crippen LogP contribution in [0.25, 0.3) is 83.9 Å². The summed E-state index contributed by atoms with van der Waals surface area (Å²) in [5.41, 5.74) is 15.2. The molecular formula is C54H40N4. The highest BCUT2D eigenvalue weighted by molar-refractivity contribution is 6.12. The lowest BCUT2D eigenvalue weighted by molar-refractivity contribution is 0.661. The van der Waals surface area contributed by atoms with Crippen LogP contribution in [-0.2, 0) is 5.41 Å². The van der Waals surface area contributed by atoms with Crippen LogP contribution in [0.3, 0.4) is 0 Å². The molecule has 0 radical (unpaired) electrons. The maximum atomic E-state index is 5.13. The molecule has 0 N–H and O–H groups in total. The second-order valence-electron chi connectivity index (χ2n) is 16.0. The topological polar surface area (TPSA) is 43.6 Å². The van der Waals surface area contributed by atoms with Crippen LogP contribution < -0.4 is 0 Å². The van der Waals surface area contributed by atoms with Crippen LogP contribution in [0.15, 0.2) is 188 Å². The van der Waals surface area contributed by atoms with Crippen molar-refractivity contribution in [3.63, 3.8) is 0 Å². The van der Waals surface area contributed by atoms with Gasteiger partial charge in [0.15, 0.2) is 17.5 Å². The number of fused-ring (bicyclic) bond motifs is 6. The fourth-order valence-corrected chi connectivity index (χ4v) is 9.17. The lowest BCUT2D eigenvalue weighted by Crippen LogP contribution is -2.15. The molecule has 2 heterocycles. The zero-order chi connectivity index (χ0) is 38.8. The summed E-state index contributed by atoms with van der Waals surface area (Å²) in [5, 5.41) is 2.36. The predicted octanol–water partition coefficient (Wildman–Crippen LogP) is 13.5. The second-order valence-corrected chi connectivity index (χ2v) is 16.0. The lowest BCUT2D eigenvalue weighted by atomic mass is 9.82. The van der Waals surface area contributed by atoms with E-state index in [0.717, 1.165) is 39.7 Å². The smallest absolute Gasteiger partial charge is 0.164 e. The highest BCUT2D eigenvalue weighted by atomic mass is 15.0. The van der Waals surface area contributed by atoms with E-state index in [0.29, 0.717) is 23.4 Å². The van der Waals surface area contributed by atoms with Gasteiger partial charge in [0.25, 0.3) is 0 Å². The van der Waals surface area contributed by atoms with E-state index in [1.165, 1.54) is 49.8 Å². The van der Waals surface area contributed by atoms with Gasteiger partial charge in [-0.1, -0.05) is 159 Å². The lowest BCUT2D eigenvalue weighted by Gasteiger charge is -2.22. The molecule has 1 unspecified atom stereocenters. The molecule has 1 atom stereocenters. The Balaban J connectivity index is 1.19. The largest absolute Gasteiger partial charge is 0.309 e. The predicted molar refractivity (Wildman–Crippen MR) is 239 cm³/mol. The minimum absolute atomic E-state index is 0.143. The molecule has 276 valence electrons. The first kappa shape index (κ1) is 34.1. The van der Waals surface area contributed by atoms with Crippen molar-refractivity contribution in [2.45, 2.75) is 31.6 Å². The summed E-state index contributed by atoms with van der Waals surface area (Å²) in [6, 6.07) is 58.9. The summed E-state index contributed by atoms with van der Waals surface area (Å²) < 4.78 is 2.49. The molecule has 7 aromatic carbocycles. The minimum atomic E-state index is -0.143. The van der Waals surface area contributed by atoms with E-state index in [1.54, 1.807) is 0 Å². The fourth-order valence-electron chi connectivity index (χ4n) is 9.17. The summed E-state index contributed by atoms with van der Waals surface area (Å²) in [6.45, 7) is 4.72. The second kappa shape index (κ2) is 13.5. The summed E-state index contributed by atoms with van der Waals surface area (Å²) in [6.07, 6.45) is 9.93. The van der Waals surface area contributed by atoms with Crippen molar-refractivity contribution in [3.05, 3.63) is 205 Å². The van der Waals surface area contributed by atoms with Crippen LogP contribution in [-0.4, -0.2) is 19.5 Å². The average Bonchev–Trinajstić information content (AvgIpc) is 3.73. The Kier molecular flexibility index (Phi) is 7.94. The van der Waals surface area contributed by atoms with E-state index in [2.05, 4.69) is 170 Å². The molecule has 9 aromatic rings. The van der Waals surface area contributed by atoms with E-state index in [-0.39, 0.29) is 5.41 Å². The molecule has 4 nitrogen and oxygen atoms in total. The van der Waals surface area contributed by atoms with Crippen LogP contribution in [0, 0.1) is 0 Å². The monoisotopic (exact) mass is 744 g/mol. The van der Waals surface area contributed by atoms with Crippen molar-refractivity contribution in [2.24, 2.45) is 0 Å². The fraction of sp³-hybridized carbons (Fsp3) is 0.0926. The number of nitrogens with zero attached hydrogens (tertiary/aromatic N) is 4. The first-order valence-corrected chi connectivity index (χ1v) is 20.1. The molecule has 2 aliphatic carbocycles. The number of allylic oxidation sites excluding steroid dienone is 4. The molecular weight excluding hydrogens is 705 g/mol. The van der Waals surface area contributed by atoms with Crippen molar-refractivity contribution in [3.8, 4) is 62.1 Å². The minimum Gasteiger partial charge on any atom is -0.309 e. The summed E-state index contributed by atoms with van der Waals surface area (Å²) in [5.74, 6) is 2.25. The van der Waals surface area contributed by atoms with Crippen LogP contribution >= 0.6 is 0 Å². The van der Waals surface area contributed by atoms with E-state index in [9.17, 15) is 0 Å². The van der Waals surface area contributed by atoms with Gasteiger partial charge in [0.05, 0.1) is 11.0 Å². The van der Waals surface area contributed by atoms with Gasteiger partial charge in [-0.15, -0.1) is 0 Å². The maximum Gasteiger partial charge on any atom is 0.164 e. The summed E-state index contributed by atoms with van der Waals surface area (Å²) >= 11 is 0. The Morgan fingerprint density at radius 2 is 1.10 bits per heavy atom. The van der Waals surface area contributed by atoms with Crippen LogP contribution in [0.1, 0.15) is 42.9 Å². The number of rotatable bonds is 6. The maximum absolute atomic E-state index is 5.13. The molecule has 58 heavy (non-hydrogen) atoms. The Labute approximate surface area is 338 Å². The first-order chi connectivity index (χ1) is 28.5. The molecule has 0 aliphatic heterocycles. The van der Waals surface area contributed by atoms with E-state index in [4.69, 9.17) is 15.0 Å². The molecule has 0 fully saturated rings. The summed E-state index contributed by atoms with van der Waals surface area (Å²) in [7, 11) is 0. The van der Waals surface area contributed by atoms with E-state index >= 15 is 0 Å².